The van der Waals surface area contributed by atoms with Gasteiger partial charge in [0.15, 0.2) is 0 Å². The molecule has 0 saturated carbocycles. The van der Waals surface area contributed by atoms with Crippen LogP contribution in [-0.2, 0) is 16.0 Å². The van der Waals surface area contributed by atoms with E-state index in [1.807, 2.05) is 0 Å². The Morgan fingerprint density at radius 3 is 2.70 bits per heavy atom. The molecular weight excluding hydrogens is 260 g/mol. The van der Waals surface area contributed by atoms with Crippen molar-refractivity contribution in [2.45, 2.75) is 39.3 Å². The Morgan fingerprint density at radius 1 is 1.20 bits per heavy atom. The maximum Gasteiger partial charge on any atom is 0.393 e. The molecule has 0 bridgehead atoms. The summed E-state index contributed by atoms with van der Waals surface area (Å²) in [6.45, 7) is 9.37. The fourth-order valence-electron chi connectivity index (χ4n) is 1.36. The van der Waals surface area contributed by atoms with E-state index in [0.29, 0.717) is 39.0 Å². The van der Waals surface area contributed by atoms with Crippen molar-refractivity contribution in [2.75, 3.05) is 33.5 Å². The molecule has 1 aromatic heterocycles. The van der Waals surface area contributed by atoms with Gasteiger partial charge in [0, 0.05) is 32.2 Å². The lowest BCUT2D eigenvalue weighted by molar-refractivity contribution is 0.0625. The number of oxazole rings is 1. The summed E-state index contributed by atoms with van der Waals surface area (Å²) in [6, 6.07) is 0. The third-order valence-corrected chi connectivity index (χ3v) is 2.42. The van der Waals surface area contributed by atoms with E-state index in [0.717, 1.165) is 12.1 Å². The molecule has 0 saturated heterocycles. The van der Waals surface area contributed by atoms with E-state index in [1.54, 1.807) is 13.4 Å². The Morgan fingerprint density at radius 2 is 2.00 bits per heavy atom. The van der Waals surface area contributed by atoms with Gasteiger partial charge in [-0.15, -0.1) is 0 Å². The first-order chi connectivity index (χ1) is 9.51. The van der Waals surface area contributed by atoms with Gasteiger partial charge in [-0.25, -0.2) is 0 Å². The Kier molecular flexibility index (Phi) is 7.58. The van der Waals surface area contributed by atoms with Crippen LogP contribution < -0.4 is 10.1 Å². The molecule has 1 rings (SSSR count). The Labute approximate surface area is 120 Å². The summed E-state index contributed by atoms with van der Waals surface area (Å²) in [5.74, 6) is 0. The molecule has 1 heterocycles. The molecule has 0 aromatic carbocycles. The van der Waals surface area contributed by atoms with Crippen molar-refractivity contribution < 1.29 is 18.6 Å². The highest BCUT2D eigenvalue weighted by atomic mass is 16.6. The molecule has 0 aliphatic rings. The van der Waals surface area contributed by atoms with Gasteiger partial charge in [0.2, 0.25) is 0 Å². The number of aromatic nitrogens is 1. The SMILES string of the molecule is COCCOCCCOc1nc(CNC(C)(C)C)co1. The summed E-state index contributed by atoms with van der Waals surface area (Å²) in [4.78, 5) is 4.25. The molecule has 0 atom stereocenters. The van der Waals surface area contributed by atoms with Crippen molar-refractivity contribution in [1.29, 1.82) is 0 Å². The highest BCUT2D eigenvalue weighted by Gasteiger charge is 2.11. The second-order valence-corrected chi connectivity index (χ2v) is 5.52. The molecule has 0 aliphatic carbocycles. The molecule has 1 aromatic rings. The first-order valence-electron chi connectivity index (χ1n) is 6.90. The van der Waals surface area contributed by atoms with E-state index < -0.39 is 0 Å². The normalized spacial score (nSPS) is 11.8. The Balaban J connectivity index is 2.11. The number of hydrogen-bond donors (Lipinski definition) is 1. The van der Waals surface area contributed by atoms with Crippen LogP contribution in [0.3, 0.4) is 0 Å². The fourth-order valence-corrected chi connectivity index (χ4v) is 1.36. The van der Waals surface area contributed by atoms with Gasteiger partial charge < -0.3 is 23.9 Å². The zero-order chi connectivity index (χ0) is 14.8. The lowest BCUT2D eigenvalue weighted by atomic mass is 10.1. The molecule has 20 heavy (non-hydrogen) atoms. The van der Waals surface area contributed by atoms with Crippen LogP contribution in [0.1, 0.15) is 32.9 Å². The molecular formula is C14H26N2O4. The average Bonchev–Trinajstić information content (AvgIpc) is 2.82. The van der Waals surface area contributed by atoms with E-state index >= 15 is 0 Å². The van der Waals surface area contributed by atoms with Crippen LogP contribution in [-0.4, -0.2) is 44.1 Å². The molecule has 6 nitrogen and oxygen atoms in total. The second-order valence-electron chi connectivity index (χ2n) is 5.52. The number of rotatable bonds is 10. The molecule has 0 amide bonds. The van der Waals surface area contributed by atoms with E-state index in [2.05, 4.69) is 31.1 Å². The van der Waals surface area contributed by atoms with Crippen LogP contribution in [0.5, 0.6) is 6.08 Å². The Hall–Kier alpha value is -1.11. The lowest BCUT2D eigenvalue weighted by Crippen LogP contribution is -2.35. The van der Waals surface area contributed by atoms with E-state index in [1.165, 1.54) is 0 Å². The van der Waals surface area contributed by atoms with Crippen LogP contribution in [0.2, 0.25) is 0 Å². The zero-order valence-corrected chi connectivity index (χ0v) is 12.9. The number of hydrogen-bond acceptors (Lipinski definition) is 6. The first kappa shape index (κ1) is 16.9. The van der Waals surface area contributed by atoms with Crippen molar-refractivity contribution in [3.05, 3.63) is 12.0 Å². The second kappa shape index (κ2) is 8.94. The van der Waals surface area contributed by atoms with Gasteiger partial charge in [-0.3, -0.25) is 0 Å². The largest absolute Gasteiger partial charge is 0.450 e. The third-order valence-electron chi connectivity index (χ3n) is 2.42. The minimum absolute atomic E-state index is 0.0551. The molecule has 0 fully saturated rings. The summed E-state index contributed by atoms with van der Waals surface area (Å²) < 4.78 is 20.9. The van der Waals surface area contributed by atoms with E-state index in [-0.39, 0.29) is 5.54 Å². The van der Waals surface area contributed by atoms with Gasteiger partial charge >= 0.3 is 6.08 Å². The lowest BCUT2D eigenvalue weighted by Gasteiger charge is -2.19. The van der Waals surface area contributed by atoms with Crippen molar-refractivity contribution >= 4 is 0 Å². The summed E-state index contributed by atoms with van der Waals surface area (Å²) in [5, 5.41) is 3.34. The number of methoxy groups -OCH3 is 1. The van der Waals surface area contributed by atoms with Crippen molar-refractivity contribution in [3.63, 3.8) is 0 Å². The van der Waals surface area contributed by atoms with Gasteiger partial charge in [0.05, 0.1) is 25.5 Å². The van der Waals surface area contributed by atoms with Gasteiger partial charge in [-0.05, 0) is 20.8 Å². The number of ether oxygens (including phenoxy) is 3. The highest BCUT2D eigenvalue weighted by molar-refractivity contribution is 5.00. The summed E-state index contributed by atoms with van der Waals surface area (Å²) in [5.41, 5.74) is 0.894. The summed E-state index contributed by atoms with van der Waals surface area (Å²) >= 11 is 0. The molecule has 0 unspecified atom stereocenters. The maximum atomic E-state index is 5.41. The van der Waals surface area contributed by atoms with Gasteiger partial charge in [-0.2, -0.15) is 4.98 Å². The number of nitrogens with zero attached hydrogens (tertiary/aromatic N) is 1. The summed E-state index contributed by atoms with van der Waals surface area (Å²) in [6.07, 6.45) is 2.72. The molecule has 6 heteroatoms. The van der Waals surface area contributed by atoms with Crippen molar-refractivity contribution in [3.8, 4) is 6.08 Å². The fraction of sp³-hybridized carbons (Fsp3) is 0.786. The highest BCUT2D eigenvalue weighted by Crippen LogP contribution is 2.11. The van der Waals surface area contributed by atoms with E-state index in [9.17, 15) is 0 Å². The number of nitrogens with one attached hydrogen (secondary N) is 1. The Bertz CT molecular complexity index is 360. The van der Waals surface area contributed by atoms with Crippen LogP contribution in [0.25, 0.3) is 0 Å². The predicted octanol–water partition coefficient (Wildman–Crippen LogP) is 1.99. The molecule has 0 aliphatic heterocycles. The molecule has 0 spiro atoms. The summed E-state index contributed by atoms with van der Waals surface area (Å²) in [7, 11) is 1.65. The van der Waals surface area contributed by atoms with Gasteiger partial charge in [-0.1, -0.05) is 0 Å². The smallest absolute Gasteiger partial charge is 0.393 e. The average molecular weight is 286 g/mol. The molecule has 1 N–H and O–H groups in total. The topological polar surface area (TPSA) is 65.8 Å². The third kappa shape index (κ3) is 8.14. The molecule has 116 valence electrons. The monoisotopic (exact) mass is 286 g/mol. The minimum Gasteiger partial charge on any atom is -0.450 e. The van der Waals surface area contributed by atoms with Gasteiger partial charge in [0.25, 0.3) is 0 Å². The minimum atomic E-state index is 0.0551. The van der Waals surface area contributed by atoms with Gasteiger partial charge in [0.1, 0.15) is 6.26 Å². The van der Waals surface area contributed by atoms with Crippen LogP contribution in [0.15, 0.2) is 10.7 Å². The standard InChI is InChI=1S/C14H26N2O4/c1-14(2,3)15-10-12-11-20-13(16-12)19-7-5-6-18-9-8-17-4/h11,15H,5-10H2,1-4H3. The van der Waals surface area contributed by atoms with E-state index in [4.69, 9.17) is 18.6 Å². The van der Waals surface area contributed by atoms with Crippen molar-refractivity contribution in [1.82, 2.24) is 10.3 Å². The van der Waals surface area contributed by atoms with Crippen molar-refractivity contribution in [2.24, 2.45) is 0 Å². The quantitative estimate of drug-likeness (QED) is 0.664. The zero-order valence-electron chi connectivity index (χ0n) is 12.9. The molecule has 0 radical (unpaired) electrons. The van der Waals surface area contributed by atoms with Crippen LogP contribution in [0, 0.1) is 0 Å². The first-order valence-corrected chi connectivity index (χ1v) is 6.90. The van der Waals surface area contributed by atoms with Crippen LogP contribution in [0.4, 0.5) is 0 Å². The predicted molar refractivity (Wildman–Crippen MR) is 75.9 cm³/mol. The van der Waals surface area contributed by atoms with Crippen LogP contribution >= 0.6 is 0 Å². The maximum absolute atomic E-state index is 5.41.